The molecule has 1 aromatic rings. The van der Waals surface area contributed by atoms with Gasteiger partial charge in [-0.2, -0.15) is 4.31 Å². The summed E-state index contributed by atoms with van der Waals surface area (Å²) >= 11 is 5.59. The van der Waals surface area contributed by atoms with Crippen LogP contribution in [0.4, 0.5) is 0 Å². The zero-order chi connectivity index (χ0) is 14.8. The second kappa shape index (κ2) is 6.11. The molecule has 0 atom stereocenters. The van der Waals surface area contributed by atoms with Crippen molar-refractivity contribution in [3.63, 3.8) is 0 Å². The van der Waals surface area contributed by atoms with Crippen molar-refractivity contribution in [3.8, 4) is 5.75 Å². The molecule has 0 unspecified atom stereocenters. The quantitative estimate of drug-likeness (QED) is 0.614. The Bertz CT molecular complexity index is 615. The van der Waals surface area contributed by atoms with Crippen LogP contribution in [0, 0.1) is 0 Å². The Morgan fingerprint density at radius 2 is 2.10 bits per heavy atom. The fourth-order valence-corrected chi connectivity index (χ4v) is 4.06. The van der Waals surface area contributed by atoms with Crippen LogP contribution in [0.25, 0.3) is 0 Å². The lowest BCUT2D eigenvalue weighted by molar-refractivity contribution is 0.0952. The number of Topliss-reactive ketones (excluding diaryl/α,β-unsaturated/α-hetero) is 1. The van der Waals surface area contributed by atoms with Gasteiger partial charge < -0.3 is 4.74 Å². The van der Waals surface area contributed by atoms with Crippen LogP contribution in [0.2, 0.25) is 0 Å². The van der Waals surface area contributed by atoms with Crippen LogP contribution in [0.15, 0.2) is 23.1 Å². The smallest absolute Gasteiger partial charge is 0.244 e. The maximum Gasteiger partial charge on any atom is 0.244 e. The average Bonchev–Trinajstić information content (AvgIpc) is 2.44. The number of alkyl halides is 1. The zero-order valence-electron chi connectivity index (χ0n) is 11.1. The van der Waals surface area contributed by atoms with Crippen molar-refractivity contribution in [3.05, 3.63) is 23.8 Å². The van der Waals surface area contributed by atoms with Gasteiger partial charge in [0.2, 0.25) is 10.0 Å². The van der Waals surface area contributed by atoms with E-state index in [1.54, 1.807) is 12.1 Å². The molecule has 2 rings (SSSR count). The molecule has 0 aliphatic carbocycles. The summed E-state index contributed by atoms with van der Waals surface area (Å²) in [6.45, 7) is 0.162. The third-order valence-corrected chi connectivity index (χ3v) is 5.37. The maximum absolute atomic E-state index is 12.5. The Morgan fingerprint density at radius 1 is 1.35 bits per heavy atom. The first-order chi connectivity index (χ1) is 9.52. The van der Waals surface area contributed by atoms with E-state index < -0.39 is 10.0 Å². The SMILES string of the molecule is COc1cccc2c1C(=O)CN(CCCCCl)S2(=O)=O. The summed E-state index contributed by atoms with van der Waals surface area (Å²) in [5, 5.41) is 0. The van der Waals surface area contributed by atoms with Crippen molar-refractivity contribution in [2.45, 2.75) is 17.7 Å². The van der Waals surface area contributed by atoms with Gasteiger partial charge in [0.25, 0.3) is 0 Å². The molecule has 0 radical (unpaired) electrons. The number of rotatable bonds is 5. The molecule has 110 valence electrons. The molecule has 0 amide bonds. The van der Waals surface area contributed by atoms with Crippen LogP contribution >= 0.6 is 11.6 Å². The molecular formula is C13H16ClNO4S. The number of fused-ring (bicyclic) bond motifs is 1. The van der Waals surface area contributed by atoms with Crippen molar-refractivity contribution in [2.75, 3.05) is 26.1 Å². The standard InChI is InChI=1S/C13H16ClNO4S/c1-19-11-5-4-6-12-13(11)10(16)9-15(20(12,17)18)8-3-2-7-14/h4-6H,2-3,7-9H2,1H3. The van der Waals surface area contributed by atoms with E-state index in [2.05, 4.69) is 0 Å². The normalized spacial score (nSPS) is 17.8. The minimum Gasteiger partial charge on any atom is -0.496 e. The lowest BCUT2D eigenvalue weighted by atomic mass is 10.1. The number of unbranched alkanes of at least 4 members (excludes halogenated alkanes) is 1. The Labute approximate surface area is 123 Å². The number of ether oxygens (including phenoxy) is 1. The minimum absolute atomic E-state index is 0.0268. The second-order valence-corrected chi connectivity index (χ2v) is 6.78. The van der Waals surface area contributed by atoms with Gasteiger partial charge in [0.05, 0.1) is 24.1 Å². The van der Waals surface area contributed by atoms with E-state index in [9.17, 15) is 13.2 Å². The van der Waals surface area contributed by atoms with E-state index >= 15 is 0 Å². The Morgan fingerprint density at radius 3 is 2.75 bits per heavy atom. The Kier molecular flexibility index (Phi) is 4.67. The molecule has 20 heavy (non-hydrogen) atoms. The van der Waals surface area contributed by atoms with E-state index in [-0.39, 0.29) is 22.8 Å². The third kappa shape index (κ3) is 2.68. The molecule has 0 fully saturated rings. The van der Waals surface area contributed by atoms with Crippen LogP contribution < -0.4 is 4.74 Å². The van der Waals surface area contributed by atoms with Gasteiger partial charge in [-0.25, -0.2) is 8.42 Å². The van der Waals surface area contributed by atoms with Gasteiger partial charge in [-0.15, -0.1) is 11.6 Å². The maximum atomic E-state index is 12.5. The number of benzene rings is 1. The van der Waals surface area contributed by atoms with Crippen LogP contribution in [-0.2, 0) is 10.0 Å². The van der Waals surface area contributed by atoms with E-state index in [1.165, 1.54) is 17.5 Å². The van der Waals surface area contributed by atoms with Gasteiger partial charge in [0, 0.05) is 12.4 Å². The highest BCUT2D eigenvalue weighted by Gasteiger charge is 2.37. The van der Waals surface area contributed by atoms with Gasteiger partial charge in [-0.1, -0.05) is 6.07 Å². The number of ketones is 1. The highest BCUT2D eigenvalue weighted by Crippen LogP contribution is 2.32. The molecule has 0 aromatic heterocycles. The molecule has 1 heterocycles. The first-order valence-electron chi connectivity index (χ1n) is 6.28. The summed E-state index contributed by atoms with van der Waals surface area (Å²) in [4.78, 5) is 12.2. The fourth-order valence-electron chi connectivity index (χ4n) is 2.22. The van der Waals surface area contributed by atoms with Gasteiger partial charge in [0.15, 0.2) is 5.78 Å². The number of nitrogens with zero attached hydrogens (tertiary/aromatic N) is 1. The topological polar surface area (TPSA) is 63.7 Å². The van der Waals surface area contributed by atoms with Crippen molar-refractivity contribution in [1.82, 2.24) is 4.31 Å². The predicted octanol–water partition coefficient (Wildman–Crippen LogP) is 1.90. The van der Waals surface area contributed by atoms with Gasteiger partial charge in [0.1, 0.15) is 5.75 Å². The second-order valence-electron chi connectivity index (χ2n) is 4.49. The van der Waals surface area contributed by atoms with Crippen LogP contribution in [0.5, 0.6) is 5.75 Å². The number of carbonyl (C=O) groups excluding carboxylic acids is 1. The van der Waals surface area contributed by atoms with E-state index in [1.807, 2.05) is 0 Å². The first kappa shape index (κ1) is 15.3. The number of sulfonamides is 1. The summed E-state index contributed by atoms with van der Waals surface area (Å²) in [6.07, 6.45) is 1.35. The lowest BCUT2D eigenvalue weighted by Crippen LogP contribution is -2.41. The number of hydrogen-bond donors (Lipinski definition) is 0. The molecular weight excluding hydrogens is 302 g/mol. The van der Waals surface area contributed by atoms with E-state index in [4.69, 9.17) is 16.3 Å². The van der Waals surface area contributed by atoms with Crippen LogP contribution in [-0.4, -0.2) is 44.6 Å². The highest BCUT2D eigenvalue weighted by atomic mass is 35.5. The predicted molar refractivity (Wildman–Crippen MR) is 76.0 cm³/mol. The first-order valence-corrected chi connectivity index (χ1v) is 8.26. The molecule has 7 heteroatoms. The summed E-state index contributed by atoms with van der Waals surface area (Å²) in [5.41, 5.74) is 0.156. The molecule has 5 nitrogen and oxygen atoms in total. The number of methoxy groups -OCH3 is 1. The van der Waals surface area contributed by atoms with Crippen molar-refractivity contribution in [2.24, 2.45) is 0 Å². The Balaban J connectivity index is 2.40. The van der Waals surface area contributed by atoms with Crippen molar-refractivity contribution >= 4 is 27.4 Å². The third-order valence-electron chi connectivity index (χ3n) is 3.22. The lowest BCUT2D eigenvalue weighted by Gasteiger charge is -2.28. The number of hydrogen-bond acceptors (Lipinski definition) is 4. The van der Waals surface area contributed by atoms with Crippen LogP contribution in [0.3, 0.4) is 0 Å². The van der Waals surface area contributed by atoms with E-state index in [0.717, 1.165) is 0 Å². The number of halogens is 1. The van der Waals surface area contributed by atoms with Crippen LogP contribution in [0.1, 0.15) is 23.2 Å². The van der Waals surface area contributed by atoms with E-state index in [0.29, 0.717) is 31.0 Å². The molecule has 1 aliphatic heterocycles. The molecule has 0 saturated heterocycles. The molecule has 0 bridgehead atoms. The molecule has 0 spiro atoms. The molecule has 0 saturated carbocycles. The number of carbonyl (C=O) groups is 1. The zero-order valence-corrected chi connectivity index (χ0v) is 12.7. The molecule has 0 N–H and O–H groups in total. The summed E-state index contributed by atoms with van der Waals surface area (Å²) in [7, 11) is -2.22. The van der Waals surface area contributed by atoms with Crippen molar-refractivity contribution < 1.29 is 17.9 Å². The largest absolute Gasteiger partial charge is 0.496 e. The summed E-state index contributed by atoms with van der Waals surface area (Å²) in [6, 6.07) is 4.61. The average molecular weight is 318 g/mol. The van der Waals surface area contributed by atoms with Gasteiger partial charge in [-0.3, -0.25) is 4.79 Å². The fraction of sp³-hybridized carbons (Fsp3) is 0.462. The Hall–Kier alpha value is -1.11. The molecule has 1 aromatic carbocycles. The van der Waals surface area contributed by atoms with Crippen molar-refractivity contribution in [1.29, 1.82) is 0 Å². The monoisotopic (exact) mass is 317 g/mol. The highest BCUT2D eigenvalue weighted by molar-refractivity contribution is 7.89. The summed E-state index contributed by atoms with van der Waals surface area (Å²) in [5.74, 6) is 0.543. The molecule has 1 aliphatic rings. The van der Waals surface area contributed by atoms with Gasteiger partial charge >= 0.3 is 0 Å². The minimum atomic E-state index is -3.64. The van der Waals surface area contributed by atoms with Gasteiger partial charge in [-0.05, 0) is 25.0 Å². The summed E-state index contributed by atoms with van der Waals surface area (Å²) < 4.78 is 31.3.